The predicted octanol–water partition coefficient (Wildman–Crippen LogP) is 2.64. The molecule has 3 nitrogen and oxygen atoms in total. The van der Waals surface area contributed by atoms with E-state index in [0.717, 1.165) is 0 Å². The summed E-state index contributed by atoms with van der Waals surface area (Å²) >= 11 is 0. The molecule has 0 fully saturated rings. The Morgan fingerprint density at radius 1 is 1.28 bits per heavy atom. The number of benzene rings is 1. The van der Waals surface area contributed by atoms with Crippen LogP contribution in [0.5, 0.6) is 0 Å². The minimum absolute atomic E-state index is 0.103. The summed E-state index contributed by atoms with van der Waals surface area (Å²) in [4.78, 5) is 0. The van der Waals surface area contributed by atoms with Gasteiger partial charge in [-0.15, -0.1) is 0 Å². The third kappa shape index (κ3) is 4.50. The first-order chi connectivity index (χ1) is 8.33. The van der Waals surface area contributed by atoms with Crippen LogP contribution in [0.3, 0.4) is 0 Å². The molecular formula is C11H15F4N3. The maximum atomic E-state index is 13.1. The third-order valence-corrected chi connectivity index (χ3v) is 2.58. The number of hydrogen-bond acceptors (Lipinski definition) is 3. The van der Waals surface area contributed by atoms with Gasteiger partial charge in [-0.2, -0.15) is 13.2 Å². The number of halogens is 4. The van der Waals surface area contributed by atoms with Gasteiger partial charge in [-0.1, -0.05) is 0 Å². The van der Waals surface area contributed by atoms with E-state index < -0.39 is 24.5 Å². The molecular weight excluding hydrogens is 250 g/mol. The van der Waals surface area contributed by atoms with Gasteiger partial charge in [0.05, 0.1) is 0 Å². The molecule has 102 valence electrons. The van der Waals surface area contributed by atoms with E-state index in [1.165, 1.54) is 18.2 Å². The summed E-state index contributed by atoms with van der Waals surface area (Å²) in [5.74, 6) is 4.76. The van der Waals surface area contributed by atoms with Crippen LogP contribution in [-0.2, 0) is 0 Å². The molecule has 0 saturated carbocycles. The van der Waals surface area contributed by atoms with Gasteiger partial charge in [-0.25, -0.2) is 4.39 Å². The molecule has 18 heavy (non-hydrogen) atoms. The lowest BCUT2D eigenvalue weighted by Gasteiger charge is -2.18. The predicted molar refractivity (Wildman–Crippen MR) is 60.8 cm³/mol. The number of nitrogens with one attached hydrogen (secondary N) is 1. The molecule has 0 aliphatic carbocycles. The average molecular weight is 265 g/mol. The second-order valence-corrected chi connectivity index (χ2v) is 4.00. The monoisotopic (exact) mass is 265 g/mol. The van der Waals surface area contributed by atoms with Crippen LogP contribution in [0.2, 0.25) is 0 Å². The summed E-state index contributed by atoms with van der Waals surface area (Å²) in [6, 6.07) is 3.12. The van der Waals surface area contributed by atoms with Crippen molar-refractivity contribution < 1.29 is 17.6 Å². The Balaban J connectivity index is 2.68. The first kappa shape index (κ1) is 14.7. The number of hydrazine groups is 1. The second kappa shape index (κ2) is 6.01. The second-order valence-electron chi connectivity index (χ2n) is 4.00. The quantitative estimate of drug-likeness (QED) is 0.332. The van der Waals surface area contributed by atoms with Gasteiger partial charge < -0.3 is 5.73 Å². The summed E-state index contributed by atoms with van der Waals surface area (Å²) in [5.41, 5.74) is 8.67. The summed E-state index contributed by atoms with van der Waals surface area (Å²) in [6.07, 6.45) is -5.08. The van der Waals surface area contributed by atoms with Gasteiger partial charge in [0.1, 0.15) is 5.82 Å². The number of anilines is 1. The van der Waals surface area contributed by atoms with Gasteiger partial charge >= 0.3 is 6.18 Å². The number of nitrogen functional groups attached to an aromatic ring is 1. The van der Waals surface area contributed by atoms with Crippen LogP contribution in [0.4, 0.5) is 23.2 Å². The molecule has 0 bridgehead atoms. The molecule has 5 N–H and O–H groups in total. The molecule has 0 spiro atoms. The van der Waals surface area contributed by atoms with Crippen molar-refractivity contribution in [2.75, 3.05) is 5.73 Å². The Morgan fingerprint density at radius 3 is 2.50 bits per heavy atom. The van der Waals surface area contributed by atoms with Crippen molar-refractivity contribution in [2.45, 2.75) is 31.5 Å². The molecule has 0 aromatic heterocycles. The zero-order chi connectivity index (χ0) is 13.8. The molecule has 0 aliphatic rings. The lowest BCUT2D eigenvalue weighted by Crippen LogP contribution is -2.29. The molecule has 0 saturated heterocycles. The zero-order valence-corrected chi connectivity index (χ0v) is 9.60. The molecule has 1 aromatic carbocycles. The minimum atomic E-state index is -4.20. The fourth-order valence-electron chi connectivity index (χ4n) is 1.68. The standard InChI is InChI=1S/C11H15F4N3/c12-7-3-4-9(16)8(6-7)10(18-17)2-1-5-11(13,14)15/h3-4,6,10,18H,1-2,5,16-17H2. The van der Waals surface area contributed by atoms with Gasteiger partial charge in [0, 0.05) is 18.2 Å². The maximum absolute atomic E-state index is 13.1. The van der Waals surface area contributed by atoms with Crippen LogP contribution >= 0.6 is 0 Å². The van der Waals surface area contributed by atoms with Crippen LogP contribution in [0.1, 0.15) is 30.9 Å². The Hall–Kier alpha value is -1.34. The largest absolute Gasteiger partial charge is 0.398 e. The number of alkyl halides is 3. The van der Waals surface area contributed by atoms with E-state index >= 15 is 0 Å². The summed E-state index contributed by atoms with van der Waals surface area (Å²) < 4.78 is 49.1. The Kier molecular flexibility index (Phi) is 4.92. The Bertz CT molecular complexity index is 392. The minimum Gasteiger partial charge on any atom is -0.398 e. The topological polar surface area (TPSA) is 64.1 Å². The Morgan fingerprint density at radius 2 is 1.94 bits per heavy atom. The van der Waals surface area contributed by atoms with Crippen molar-refractivity contribution >= 4 is 5.69 Å². The normalized spacial score (nSPS) is 13.6. The number of nitrogens with two attached hydrogens (primary N) is 2. The fraction of sp³-hybridized carbons (Fsp3) is 0.455. The fourth-order valence-corrected chi connectivity index (χ4v) is 1.68. The molecule has 1 unspecified atom stereocenters. The van der Waals surface area contributed by atoms with Gasteiger partial charge in [-0.3, -0.25) is 11.3 Å². The van der Waals surface area contributed by atoms with Crippen LogP contribution in [0, 0.1) is 5.82 Å². The van der Waals surface area contributed by atoms with E-state index in [0.29, 0.717) is 11.3 Å². The van der Waals surface area contributed by atoms with Crippen LogP contribution in [0.15, 0.2) is 18.2 Å². The average Bonchev–Trinajstić information content (AvgIpc) is 2.27. The molecule has 0 heterocycles. The smallest absolute Gasteiger partial charge is 0.389 e. The van der Waals surface area contributed by atoms with Crippen molar-refractivity contribution in [1.82, 2.24) is 5.43 Å². The zero-order valence-electron chi connectivity index (χ0n) is 9.60. The molecule has 1 aromatic rings. The summed E-state index contributed by atoms with van der Waals surface area (Å²) in [7, 11) is 0. The van der Waals surface area contributed by atoms with Crippen molar-refractivity contribution in [3.8, 4) is 0 Å². The van der Waals surface area contributed by atoms with Crippen LogP contribution in [0.25, 0.3) is 0 Å². The van der Waals surface area contributed by atoms with Crippen molar-refractivity contribution in [2.24, 2.45) is 5.84 Å². The highest BCUT2D eigenvalue weighted by Gasteiger charge is 2.27. The molecule has 0 aliphatic heterocycles. The van der Waals surface area contributed by atoms with Crippen molar-refractivity contribution in [1.29, 1.82) is 0 Å². The molecule has 7 heteroatoms. The lowest BCUT2D eigenvalue weighted by atomic mass is 9.99. The lowest BCUT2D eigenvalue weighted by molar-refractivity contribution is -0.135. The number of hydrogen-bond donors (Lipinski definition) is 3. The van der Waals surface area contributed by atoms with Gasteiger partial charge in [-0.05, 0) is 36.6 Å². The van der Waals surface area contributed by atoms with Crippen molar-refractivity contribution in [3.63, 3.8) is 0 Å². The summed E-state index contributed by atoms with van der Waals surface area (Å²) in [5, 5.41) is 0. The molecule has 1 atom stereocenters. The van der Waals surface area contributed by atoms with Crippen LogP contribution < -0.4 is 17.0 Å². The van der Waals surface area contributed by atoms with Gasteiger partial charge in [0.25, 0.3) is 0 Å². The molecule has 0 radical (unpaired) electrons. The highest BCUT2D eigenvalue weighted by molar-refractivity contribution is 5.48. The highest BCUT2D eigenvalue weighted by Crippen LogP contribution is 2.28. The van der Waals surface area contributed by atoms with E-state index in [-0.39, 0.29) is 12.8 Å². The van der Waals surface area contributed by atoms with Crippen molar-refractivity contribution in [3.05, 3.63) is 29.6 Å². The van der Waals surface area contributed by atoms with E-state index in [1.54, 1.807) is 0 Å². The first-order valence-electron chi connectivity index (χ1n) is 5.41. The van der Waals surface area contributed by atoms with E-state index in [4.69, 9.17) is 11.6 Å². The molecule has 1 rings (SSSR count). The summed E-state index contributed by atoms with van der Waals surface area (Å²) in [6.45, 7) is 0. The van der Waals surface area contributed by atoms with Gasteiger partial charge in [0.2, 0.25) is 0 Å². The SMILES string of the molecule is NNC(CCCC(F)(F)F)c1cc(F)ccc1N. The maximum Gasteiger partial charge on any atom is 0.389 e. The highest BCUT2D eigenvalue weighted by atomic mass is 19.4. The van der Waals surface area contributed by atoms with Gasteiger partial charge in [0.15, 0.2) is 0 Å². The third-order valence-electron chi connectivity index (χ3n) is 2.58. The van der Waals surface area contributed by atoms with E-state index in [1.807, 2.05) is 0 Å². The molecule has 0 amide bonds. The first-order valence-corrected chi connectivity index (χ1v) is 5.41. The van der Waals surface area contributed by atoms with Crippen LogP contribution in [-0.4, -0.2) is 6.18 Å². The van der Waals surface area contributed by atoms with E-state index in [9.17, 15) is 17.6 Å². The van der Waals surface area contributed by atoms with E-state index in [2.05, 4.69) is 5.43 Å². The number of rotatable bonds is 5. The Labute approximate surface area is 102 Å².